The van der Waals surface area contributed by atoms with Crippen molar-refractivity contribution in [2.75, 3.05) is 7.11 Å². The van der Waals surface area contributed by atoms with E-state index in [0.717, 1.165) is 11.3 Å². The average molecular weight is 257 g/mol. The second kappa shape index (κ2) is 7.59. The third-order valence-corrected chi connectivity index (χ3v) is 3.14. The predicted molar refractivity (Wildman–Crippen MR) is 82.5 cm³/mol. The maximum Gasteiger partial charge on any atom is 0.119 e. The maximum atomic E-state index is 5.25. The number of nitrogens with one attached hydrogen (secondary N) is 1. The molecule has 1 aromatic carbocycles. The standard InChI is InChI=1S/C17H23NO/c1-6-9-15(7-2)13(3)18-14(4)16-10-8-11-17(12-16)19-5/h6-14,18H,1-2H2,3-5H3/b15-9+/t13-,14-/m0/s1. The molecule has 2 nitrogen and oxygen atoms in total. The van der Waals surface area contributed by atoms with Crippen LogP contribution < -0.4 is 10.1 Å². The number of hydrogen-bond donors (Lipinski definition) is 1. The van der Waals surface area contributed by atoms with E-state index in [1.54, 1.807) is 13.2 Å². The lowest BCUT2D eigenvalue weighted by atomic mass is 10.0. The summed E-state index contributed by atoms with van der Waals surface area (Å²) in [5.41, 5.74) is 2.33. The van der Waals surface area contributed by atoms with Gasteiger partial charge in [-0.3, -0.25) is 0 Å². The van der Waals surface area contributed by atoms with Crippen molar-refractivity contribution >= 4 is 0 Å². The summed E-state index contributed by atoms with van der Waals surface area (Å²) in [4.78, 5) is 0. The number of benzene rings is 1. The summed E-state index contributed by atoms with van der Waals surface area (Å²) in [5, 5.41) is 3.54. The molecule has 0 aliphatic heterocycles. The smallest absolute Gasteiger partial charge is 0.119 e. The highest BCUT2D eigenvalue weighted by Crippen LogP contribution is 2.20. The van der Waals surface area contributed by atoms with Gasteiger partial charge in [-0.05, 0) is 37.1 Å². The van der Waals surface area contributed by atoms with Crippen LogP contribution in [0.5, 0.6) is 5.75 Å². The lowest BCUT2D eigenvalue weighted by Crippen LogP contribution is -2.30. The van der Waals surface area contributed by atoms with Crippen LogP contribution in [-0.4, -0.2) is 13.2 Å². The zero-order valence-corrected chi connectivity index (χ0v) is 12.0. The molecule has 0 heterocycles. The molecule has 0 bridgehead atoms. The summed E-state index contributed by atoms with van der Waals surface area (Å²) < 4.78 is 5.25. The fourth-order valence-electron chi connectivity index (χ4n) is 2.00. The summed E-state index contributed by atoms with van der Waals surface area (Å²) in [6.45, 7) is 11.8. The van der Waals surface area contributed by atoms with Crippen LogP contribution in [0.2, 0.25) is 0 Å². The molecule has 0 radical (unpaired) electrons. The van der Waals surface area contributed by atoms with Gasteiger partial charge in [-0.15, -0.1) is 0 Å². The molecule has 1 aromatic rings. The van der Waals surface area contributed by atoms with Gasteiger partial charge < -0.3 is 10.1 Å². The Hall–Kier alpha value is -1.80. The molecule has 0 aliphatic carbocycles. The zero-order chi connectivity index (χ0) is 14.3. The SMILES string of the molecule is C=C/C=C(\C=C)[C@H](C)N[C@@H](C)c1cccc(OC)c1. The van der Waals surface area contributed by atoms with E-state index in [4.69, 9.17) is 4.74 Å². The van der Waals surface area contributed by atoms with Crippen molar-refractivity contribution in [3.05, 3.63) is 66.8 Å². The number of methoxy groups -OCH3 is 1. The van der Waals surface area contributed by atoms with Gasteiger partial charge in [-0.2, -0.15) is 0 Å². The first-order valence-corrected chi connectivity index (χ1v) is 6.47. The Kier molecular flexibility index (Phi) is 6.10. The van der Waals surface area contributed by atoms with Crippen molar-refractivity contribution in [2.24, 2.45) is 0 Å². The molecule has 0 fully saturated rings. The van der Waals surface area contributed by atoms with Crippen LogP contribution >= 0.6 is 0 Å². The molecule has 0 aromatic heterocycles. The van der Waals surface area contributed by atoms with Gasteiger partial charge in [-0.25, -0.2) is 0 Å². The molecule has 0 saturated carbocycles. The van der Waals surface area contributed by atoms with Crippen LogP contribution in [0.25, 0.3) is 0 Å². The van der Waals surface area contributed by atoms with Crippen molar-refractivity contribution in [3.63, 3.8) is 0 Å². The van der Waals surface area contributed by atoms with Crippen molar-refractivity contribution in [3.8, 4) is 5.75 Å². The molecule has 0 aliphatic rings. The van der Waals surface area contributed by atoms with Crippen molar-refractivity contribution < 1.29 is 4.74 Å². The van der Waals surface area contributed by atoms with E-state index in [1.807, 2.05) is 24.3 Å². The van der Waals surface area contributed by atoms with Crippen LogP contribution in [0.3, 0.4) is 0 Å². The molecule has 2 atom stereocenters. The van der Waals surface area contributed by atoms with E-state index < -0.39 is 0 Å². The fourth-order valence-corrected chi connectivity index (χ4v) is 2.00. The van der Waals surface area contributed by atoms with E-state index in [2.05, 4.69) is 44.5 Å². The molecule has 102 valence electrons. The zero-order valence-electron chi connectivity index (χ0n) is 12.0. The minimum absolute atomic E-state index is 0.219. The summed E-state index contributed by atoms with van der Waals surface area (Å²) >= 11 is 0. The van der Waals surface area contributed by atoms with E-state index in [-0.39, 0.29) is 12.1 Å². The largest absolute Gasteiger partial charge is 0.497 e. The molecule has 1 N–H and O–H groups in total. The topological polar surface area (TPSA) is 21.3 Å². The van der Waals surface area contributed by atoms with E-state index in [9.17, 15) is 0 Å². The third kappa shape index (κ3) is 4.42. The third-order valence-electron chi connectivity index (χ3n) is 3.14. The first-order chi connectivity index (χ1) is 9.12. The van der Waals surface area contributed by atoms with Gasteiger partial charge in [0.1, 0.15) is 5.75 Å². The maximum absolute atomic E-state index is 5.25. The molecule has 0 spiro atoms. The van der Waals surface area contributed by atoms with Crippen LogP contribution in [-0.2, 0) is 0 Å². The monoisotopic (exact) mass is 257 g/mol. The van der Waals surface area contributed by atoms with Crippen LogP contribution in [0.15, 0.2) is 61.2 Å². The highest BCUT2D eigenvalue weighted by atomic mass is 16.5. The molecular weight excluding hydrogens is 234 g/mol. The van der Waals surface area contributed by atoms with Crippen LogP contribution in [0.4, 0.5) is 0 Å². The Balaban J connectivity index is 2.78. The van der Waals surface area contributed by atoms with Gasteiger partial charge in [-0.1, -0.05) is 43.5 Å². The van der Waals surface area contributed by atoms with E-state index in [0.29, 0.717) is 0 Å². The lowest BCUT2D eigenvalue weighted by Gasteiger charge is -2.21. The Morgan fingerprint density at radius 1 is 1.32 bits per heavy atom. The predicted octanol–water partition coefficient (Wildman–Crippen LogP) is 4.03. The molecule has 0 amide bonds. The molecule has 0 unspecified atom stereocenters. The number of ether oxygens (including phenoxy) is 1. The summed E-state index contributed by atoms with van der Waals surface area (Å²) in [6, 6.07) is 8.56. The second-order valence-electron chi connectivity index (χ2n) is 4.49. The average Bonchev–Trinajstić information content (AvgIpc) is 2.44. The Morgan fingerprint density at radius 3 is 2.63 bits per heavy atom. The van der Waals surface area contributed by atoms with Gasteiger partial charge in [0.05, 0.1) is 7.11 Å². The van der Waals surface area contributed by atoms with E-state index in [1.165, 1.54) is 5.56 Å². The van der Waals surface area contributed by atoms with Crippen LogP contribution in [0, 0.1) is 0 Å². The van der Waals surface area contributed by atoms with E-state index >= 15 is 0 Å². The van der Waals surface area contributed by atoms with Crippen molar-refractivity contribution in [1.29, 1.82) is 0 Å². The number of hydrogen-bond acceptors (Lipinski definition) is 2. The summed E-state index contributed by atoms with van der Waals surface area (Å²) in [7, 11) is 1.68. The van der Waals surface area contributed by atoms with Crippen molar-refractivity contribution in [2.45, 2.75) is 25.9 Å². The number of allylic oxidation sites excluding steroid dienone is 2. The lowest BCUT2D eigenvalue weighted by molar-refractivity contribution is 0.413. The summed E-state index contributed by atoms with van der Waals surface area (Å²) in [6.07, 6.45) is 5.62. The first kappa shape index (κ1) is 15.3. The highest BCUT2D eigenvalue weighted by molar-refractivity contribution is 5.31. The molecular formula is C17H23NO. The number of rotatable bonds is 7. The van der Waals surface area contributed by atoms with Gasteiger partial charge in [0.2, 0.25) is 0 Å². The van der Waals surface area contributed by atoms with Crippen molar-refractivity contribution in [1.82, 2.24) is 5.32 Å². The Bertz CT molecular complexity index is 462. The van der Waals surface area contributed by atoms with Gasteiger partial charge in [0, 0.05) is 12.1 Å². The van der Waals surface area contributed by atoms with Gasteiger partial charge >= 0.3 is 0 Å². The minimum Gasteiger partial charge on any atom is -0.497 e. The highest BCUT2D eigenvalue weighted by Gasteiger charge is 2.11. The molecule has 1 rings (SSSR count). The molecule has 19 heavy (non-hydrogen) atoms. The second-order valence-corrected chi connectivity index (χ2v) is 4.49. The minimum atomic E-state index is 0.219. The Morgan fingerprint density at radius 2 is 2.05 bits per heavy atom. The Labute approximate surface area is 116 Å². The molecule has 0 saturated heterocycles. The first-order valence-electron chi connectivity index (χ1n) is 6.47. The normalized spacial score (nSPS) is 14.6. The summed E-state index contributed by atoms with van der Waals surface area (Å²) in [5.74, 6) is 0.879. The quantitative estimate of drug-likeness (QED) is 0.745. The fraction of sp³-hybridized carbons (Fsp3) is 0.294. The van der Waals surface area contributed by atoms with Crippen LogP contribution in [0.1, 0.15) is 25.5 Å². The van der Waals surface area contributed by atoms with Gasteiger partial charge in [0.15, 0.2) is 0 Å². The van der Waals surface area contributed by atoms with Gasteiger partial charge in [0.25, 0.3) is 0 Å². The molecule has 2 heteroatoms.